The minimum Gasteiger partial charge on any atom is -0.496 e. The second kappa shape index (κ2) is 8.35. The molecule has 2 atom stereocenters. The van der Waals surface area contributed by atoms with Crippen LogP contribution in [0.3, 0.4) is 0 Å². The first-order valence-corrected chi connectivity index (χ1v) is 9.45. The van der Waals surface area contributed by atoms with Crippen molar-refractivity contribution in [3.05, 3.63) is 63.6 Å². The molecule has 1 saturated heterocycles. The molecule has 3 rings (SSSR count). The molecule has 144 valence electrons. The van der Waals surface area contributed by atoms with Gasteiger partial charge in [-0.1, -0.05) is 22.0 Å². The molecule has 0 radical (unpaired) electrons. The Labute approximate surface area is 164 Å². The number of hydrogen-bond donors (Lipinski definition) is 1. The second-order valence-corrected chi connectivity index (χ2v) is 7.54. The predicted octanol–water partition coefficient (Wildman–Crippen LogP) is 4.62. The Kier molecular flexibility index (Phi) is 6.11. The zero-order chi connectivity index (χ0) is 19.6. The van der Waals surface area contributed by atoms with E-state index in [4.69, 9.17) is 4.74 Å². The van der Waals surface area contributed by atoms with Gasteiger partial charge >= 0.3 is 5.97 Å². The van der Waals surface area contributed by atoms with E-state index >= 15 is 0 Å². The van der Waals surface area contributed by atoms with Crippen molar-refractivity contribution < 1.29 is 23.4 Å². The maximum atomic E-state index is 14.7. The molecule has 1 aliphatic rings. The van der Waals surface area contributed by atoms with Crippen molar-refractivity contribution in [2.45, 2.75) is 18.9 Å². The number of piperidine rings is 1. The molecule has 27 heavy (non-hydrogen) atoms. The van der Waals surface area contributed by atoms with Crippen molar-refractivity contribution in [3.8, 4) is 5.75 Å². The van der Waals surface area contributed by atoms with E-state index in [0.717, 1.165) is 10.5 Å². The summed E-state index contributed by atoms with van der Waals surface area (Å²) >= 11 is 3.43. The zero-order valence-electron chi connectivity index (χ0n) is 14.8. The molecule has 1 N–H and O–H groups in total. The van der Waals surface area contributed by atoms with E-state index < -0.39 is 29.6 Å². The van der Waals surface area contributed by atoms with Gasteiger partial charge in [-0.25, -0.2) is 8.78 Å². The SMILES string of the molecule is COc1ccc(Br)cc1C(c1ccc(F)cc1F)N1CCCC(C(=O)O)C1. The molecule has 1 aliphatic heterocycles. The van der Waals surface area contributed by atoms with Crippen LogP contribution in [-0.4, -0.2) is 36.2 Å². The van der Waals surface area contributed by atoms with Crippen LogP contribution in [0.25, 0.3) is 0 Å². The average molecular weight is 440 g/mol. The van der Waals surface area contributed by atoms with Gasteiger partial charge in [-0.15, -0.1) is 0 Å². The minimum absolute atomic E-state index is 0.284. The summed E-state index contributed by atoms with van der Waals surface area (Å²) in [4.78, 5) is 13.4. The van der Waals surface area contributed by atoms with E-state index in [2.05, 4.69) is 15.9 Å². The van der Waals surface area contributed by atoms with E-state index in [9.17, 15) is 18.7 Å². The predicted molar refractivity (Wildman–Crippen MR) is 101 cm³/mol. The summed E-state index contributed by atoms with van der Waals surface area (Å²) < 4.78 is 34.4. The molecule has 0 saturated carbocycles. The molecule has 2 aromatic rings. The number of carboxylic acids is 1. The number of halogens is 3. The van der Waals surface area contributed by atoms with E-state index in [1.54, 1.807) is 6.07 Å². The molecule has 7 heteroatoms. The van der Waals surface area contributed by atoms with Crippen LogP contribution in [0.15, 0.2) is 40.9 Å². The smallest absolute Gasteiger partial charge is 0.307 e. The van der Waals surface area contributed by atoms with Gasteiger partial charge in [0.05, 0.1) is 19.1 Å². The summed E-state index contributed by atoms with van der Waals surface area (Å²) in [7, 11) is 1.53. The van der Waals surface area contributed by atoms with Crippen LogP contribution in [0, 0.1) is 17.6 Å². The third-order valence-electron chi connectivity index (χ3n) is 4.91. The van der Waals surface area contributed by atoms with Crippen LogP contribution in [-0.2, 0) is 4.79 Å². The number of carboxylic acid groups (broad SMARTS) is 1. The zero-order valence-corrected chi connectivity index (χ0v) is 16.4. The highest BCUT2D eigenvalue weighted by atomic mass is 79.9. The van der Waals surface area contributed by atoms with E-state index in [1.807, 2.05) is 17.0 Å². The number of likely N-dealkylation sites (tertiary alicyclic amines) is 1. The second-order valence-electron chi connectivity index (χ2n) is 6.63. The molecule has 0 spiro atoms. The van der Waals surface area contributed by atoms with Crippen molar-refractivity contribution in [1.82, 2.24) is 4.90 Å². The first-order chi connectivity index (χ1) is 12.9. The number of methoxy groups -OCH3 is 1. The first kappa shape index (κ1) is 19.8. The summed E-state index contributed by atoms with van der Waals surface area (Å²) in [6.45, 7) is 0.896. The molecule has 2 unspecified atom stereocenters. The quantitative estimate of drug-likeness (QED) is 0.737. The number of ether oxygens (including phenoxy) is 1. The highest BCUT2D eigenvalue weighted by molar-refractivity contribution is 9.10. The third kappa shape index (κ3) is 4.30. The van der Waals surface area contributed by atoms with Gasteiger partial charge in [0.15, 0.2) is 0 Å². The number of benzene rings is 2. The number of nitrogens with zero attached hydrogens (tertiary/aromatic N) is 1. The lowest BCUT2D eigenvalue weighted by Gasteiger charge is -2.38. The fourth-order valence-corrected chi connectivity index (χ4v) is 4.02. The van der Waals surface area contributed by atoms with Crippen LogP contribution >= 0.6 is 15.9 Å². The Morgan fingerprint density at radius 3 is 2.70 bits per heavy atom. The van der Waals surface area contributed by atoms with Crippen LogP contribution in [0.4, 0.5) is 8.78 Å². The number of aliphatic carboxylic acids is 1. The fraction of sp³-hybridized carbons (Fsp3) is 0.350. The highest BCUT2D eigenvalue weighted by Crippen LogP contribution is 2.39. The number of hydrogen-bond acceptors (Lipinski definition) is 3. The first-order valence-electron chi connectivity index (χ1n) is 8.66. The average Bonchev–Trinajstić information content (AvgIpc) is 2.64. The van der Waals surface area contributed by atoms with Crippen LogP contribution in [0.2, 0.25) is 0 Å². The monoisotopic (exact) mass is 439 g/mol. The lowest BCUT2D eigenvalue weighted by molar-refractivity contribution is -0.143. The topological polar surface area (TPSA) is 49.8 Å². The molecular weight excluding hydrogens is 420 g/mol. The molecular formula is C20H20BrF2NO3. The Hall–Kier alpha value is -1.99. The third-order valence-corrected chi connectivity index (χ3v) is 5.40. The molecule has 0 aromatic heterocycles. The van der Waals surface area contributed by atoms with Crippen molar-refractivity contribution in [3.63, 3.8) is 0 Å². The Morgan fingerprint density at radius 2 is 2.04 bits per heavy atom. The van der Waals surface area contributed by atoms with Gasteiger partial charge in [0, 0.05) is 28.2 Å². The fourth-order valence-electron chi connectivity index (χ4n) is 3.65. The van der Waals surface area contributed by atoms with Gasteiger partial charge in [-0.05, 0) is 43.7 Å². The van der Waals surface area contributed by atoms with Crippen molar-refractivity contribution in [2.75, 3.05) is 20.2 Å². The van der Waals surface area contributed by atoms with Gasteiger partial charge < -0.3 is 9.84 Å². The normalized spacial score (nSPS) is 18.9. The Balaban J connectivity index is 2.12. The van der Waals surface area contributed by atoms with Gasteiger partial charge in [-0.2, -0.15) is 0 Å². The van der Waals surface area contributed by atoms with Gasteiger partial charge in [-0.3, -0.25) is 9.69 Å². The van der Waals surface area contributed by atoms with E-state index in [0.29, 0.717) is 36.3 Å². The molecule has 1 fully saturated rings. The standard InChI is InChI=1S/C20H20BrF2NO3/c1-27-18-7-4-13(21)9-16(18)19(15-6-5-14(22)10-17(15)23)24-8-2-3-12(11-24)20(25)26/h4-7,9-10,12,19H,2-3,8,11H2,1H3,(H,25,26). The largest absolute Gasteiger partial charge is 0.496 e. The summed E-state index contributed by atoms with van der Waals surface area (Å²) in [6, 6.07) is 8.32. The Morgan fingerprint density at radius 1 is 1.26 bits per heavy atom. The van der Waals surface area contributed by atoms with Crippen molar-refractivity contribution in [2.24, 2.45) is 5.92 Å². The lowest BCUT2D eigenvalue weighted by atomic mass is 9.90. The summed E-state index contributed by atoms with van der Waals surface area (Å²) in [5.41, 5.74) is 0.988. The summed E-state index contributed by atoms with van der Waals surface area (Å²) in [5, 5.41) is 9.43. The van der Waals surface area contributed by atoms with Crippen LogP contribution < -0.4 is 4.74 Å². The number of rotatable bonds is 5. The van der Waals surface area contributed by atoms with E-state index in [-0.39, 0.29) is 6.54 Å². The van der Waals surface area contributed by atoms with Crippen LogP contribution in [0.1, 0.15) is 30.0 Å². The van der Waals surface area contributed by atoms with Crippen LogP contribution in [0.5, 0.6) is 5.75 Å². The summed E-state index contributed by atoms with van der Waals surface area (Å²) in [6.07, 6.45) is 1.27. The van der Waals surface area contributed by atoms with E-state index in [1.165, 1.54) is 19.2 Å². The summed E-state index contributed by atoms with van der Waals surface area (Å²) in [5.74, 6) is -2.15. The molecule has 0 aliphatic carbocycles. The highest BCUT2D eigenvalue weighted by Gasteiger charge is 2.34. The molecule has 0 amide bonds. The molecule has 2 aromatic carbocycles. The van der Waals surface area contributed by atoms with Gasteiger partial charge in [0.25, 0.3) is 0 Å². The lowest BCUT2D eigenvalue weighted by Crippen LogP contribution is -2.41. The molecule has 4 nitrogen and oxygen atoms in total. The van der Waals surface area contributed by atoms with Crippen molar-refractivity contribution in [1.29, 1.82) is 0 Å². The maximum absolute atomic E-state index is 14.7. The Bertz CT molecular complexity index is 846. The maximum Gasteiger partial charge on any atom is 0.307 e. The van der Waals surface area contributed by atoms with Gasteiger partial charge in [0.1, 0.15) is 17.4 Å². The molecule has 1 heterocycles. The minimum atomic E-state index is -0.862. The number of carbonyl (C=O) groups is 1. The van der Waals surface area contributed by atoms with Crippen molar-refractivity contribution >= 4 is 21.9 Å². The van der Waals surface area contributed by atoms with Gasteiger partial charge in [0.2, 0.25) is 0 Å². The molecule has 0 bridgehead atoms.